The Morgan fingerprint density at radius 3 is 2.95 bits per heavy atom. The van der Waals surface area contributed by atoms with Crippen molar-refractivity contribution in [3.8, 4) is 0 Å². The van der Waals surface area contributed by atoms with E-state index in [1.54, 1.807) is 17.5 Å². The molecule has 1 aliphatic heterocycles. The van der Waals surface area contributed by atoms with Crippen LogP contribution in [0.2, 0.25) is 0 Å². The summed E-state index contributed by atoms with van der Waals surface area (Å²) in [7, 11) is 0. The summed E-state index contributed by atoms with van der Waals surface area (Å²) in [6.45, 7) is 5.45. The van der Waals surface area contributed by atoms with E-state index in [0.717, 1.165) is 18.0 Å². The number of nitrogens with one attached hydrogen (secondary N) is 1. The molecule has 2 heterocycles. The maximum Gasteiger partial charge on any atom is 0.220 e. The largest absolute Gasteiger partial charge is 0.347 e. The van der Waals surface area contributed by atoms with E-state index < -0.39 is 0 Å². The first-order chi connectivity index (χ1) is 9.25. The molecule has 1 aromatic heterocycles. The first-order valence-electron chi connectivity index (χ1n) is 7.17. The zero-order chi connectivity index (χ0) is 13.5. The van der Waals surface area contributed by atoms with Crippen molar-refractivity contribution >= 4 is 17.2 Å². The van der Waals surface area contributed by atoms with Gasteiger partial charge in [0.25, 0.3) is 0 Å². The molecule has 0 bridgehead atoms. The van der Waals surface area contributed by atoms with Crippen LogP contribution < -0.4 is 5.32 Å². The maximum atomic E-state index is 11.8. The molecule has 1 amide bonds. The Labute approximate surface area is 119 Å². The number of hydrogen-bond acceptors (Lipinski definition) is 4. The van der Waals surface area contributed by atoms with Crippen LogP contribution in [0.4, 0.5) is 0 Å². The summed E-state index contributed by atoms with van der Waals surface area (Å²) in [5, 5.41) is 5.93. The smallest absolute Gasteiger partial charge is 0.220 e. The van der Waals surface area contributed by atoms with E-state index in [2.05, 4.69) is 15.2 Å². The fourth-order valence-electron chi connectivity index (χ4n) is 2.47. The predicted molar refractivity (Wildman–Crippen MR) is 78.2 cm³/mol. The Bertz CT molecular complexity index is 374. The van der Waals surface area contributed by atoms with E-state index in [1.807, 2.05) is 12.3 Å². The van der Waals surface area contributed by atoms with Gasteiger partial charge in [-0.2, -0.15) is 0 Å². The van der Waals surface area contributed by atoms with Gasteiger partial charge in [0.05, 0.1) is 6.04 Å². The summed E-state index contributed by atoms with van der Waals surface area (Å²) >= 11 is 1.59. The number of carbonyl (C=O) groups is 1. The van der Waals surface area contributed by atoms with Gasteiger partial charge in [-0.25, -0.2) is 4.98 Å². The molecule has 5 heteroatoms. The van der Waals surface area contributed by atoms with Crippen LogP contribution in [0, 0.1) is 0 Å². The summed E-state index contributed by atoms with van der Waals surface area (Å²) in [6, 6.07) is 0.0301. The van der Waals surface area contributed by atoms with Gasteiger partial charge in [0.2, 0.25) is 5.91 Å². The molecular weight excluding hydrogens is 258 g/mol. The molecule has 106 valence electrons. The van der Waals surface area contributed by atoms with Crippen LogP contribution in [0.25, 0.3) is 0 Å². The number of rotatable bonds is 6. The van der Waals surface area contributed by atoms with Crippen LogP contribution in [-0.2, 0) is 4.79 Å². The summed E-state index contributed by atoms with van der Waals surface area (Å²) in [5.41, 5.74) is 0. The zero-order valence-electron chi connectivity index (χ0n) is 11.6. The summed E-state index contributed by atoms with van der Waals surface area (Å²) in [6.07, 6.45) is 7.34. The molecular formula is C14H23N3OS. The van der Waals surface area contributed by atoms with E-state index in [1.165, 1.54) is 32.4 Å². The van der Waals surface area contributed by atoms with Crippen molar-refractivity contribution in [1.29, 1.82) is 0 Å². The number of likely N-dealkylation sites (tertiary alicyclic amines) is 1. The van der Waals surface area contributed by atoms with Gasteiger partial charge >= 0.3 is 0 Å². The highest BCUT2D eigenvalue weighted by molar-refractivity contribution is 7.09. The third kappa shape index (κ3) is 4.91. The van der Waals surface area contributed by atoms with E-state index in [4.69, 9.17) is 0 Å². The highest BCUT2D eigenvalue weighted by Crippen LogP contribution is 2.15. The summed E-state index contributed by atoms with van der Waals surface area (Å²) < 4.78 is 0. The van der Waals surface area contributed by atoms with Crippen LogP contribution in [0.15, 0.2) is 11.6 Å². The van der Waals surface area contributed by atoms with Crippen molar-refractivity contribution in [2.75, 3.05) is 19.6 Å². The molecule has 0 aromatic carbocycles. The first kappa shape index (κ1) is 14.5. The maximum absolute atomic E-state index is 11.8. The van der Waals surface area contributed by atoms with Gasteiger partial charge < -0.3 is 10.2 Å². The second-order valence-corrected chi connectivity index (χ2v) is 6.09. The SMILES string of the molecule is CC(NC(=O)CCCN1CCCCC1)c1nccs1. The van der Waals surface area contributed by atoms with E-state index in [0.29, 0.717) is 6.42 Å². The third-order valence-corrected chi connectivity index (χ3v) is 4.48. The molecule has 1 saturated heterocycles. The second-order valence-electron chi connectivity index (χ2n) is 5.17. The lowest BCUT2D eigenvalue weighted by Gasteiger charge is -2.26. The fourth-order valence-corrected chi connectivity index (χ4v) is 3.12. The lowest BCUT2D eigenvalue weighted by molar-refractivity contribution is -0.121. The molecule has 0 spiro atoms. The molecule has 19 heavy (non-hydrogen) atoms. The van der Waals surface area contributed by atoms with Gasteiger partial charge in [0.1, 0.15) is 5.01 Å². The fraction of sp³-hybridized carbons (Fsp3) is 0.714. The molecule has 0 saturated carbocycles. The Kier molecular flexibility index (Phi) is 5.79. The lowest BCUT2D eigenvalue weighted by atomic mass is 10.1. The van der Waals surface area contributed by atoms with Gasteiger partial charge in [-0.05, 0) is 45.8 Å². The summed E-state index contributed by atoms with van der Waals surface area (Å²) in [4.78, 5) is 18.5. The van der Waals surface area contributed by atoms with Gasteiger partial charge in [-0.3, -0.25) is 4.79 Å². The monoisotopic (exact) mass is 281 g/mol. The second kappa shape index (κ2) is 7.60. The highest BCUT2D eigenvalue weighted by atomic mass is 32.1. The molecule has 1 atom stereocenters. The van der Waals surface area contributed by atoms with Gasteiger partial charge in [-0.1, -0.05) is 6.42 Å². The Balaban J connectivity index is 1.61. The standard InChI is InChI=1S/C14H23N3OS/c1-12(14-15-7-11-19-14)16-13(18)6-5-10-17-8-3-2-4-9-17/h7,11-12H,2-6,8-10H2,1H3,(H,16,18). The minimum atomic E-state index is 0.0301. The van der Waals surface area contributed by atoms with Crippen molar-refractivity contribution in [2.45, 2.75) is 45.1 Å². The number of carbonyl (C=O) groups excluding carboxylic acids is 1. The van der Waals surface area contributed by atoms with Crippen LogP contribution in [0.5, 0.6) is 0 Å². The normalized spacial score (nSPS) is 18.2. The van der Waals surface area contributed by atoms with E-state index >= 15 is 0 Å². The van der Waals surface area contributed by atoms with Crippen molar-refractivity contribution in [3.05, 3.63) is 16.6 Å². The molecule has 0 aliphatic carbocycles. The number of nitrogens with zero attached hydrogens (tertiary/aromatic N) is 2. The molecule has 2 rings (SSSR count). The van der Waals surface area contributed by atoms with Crippen molar-refractivity contribution in [2.24, 2.45) is 0 Å². The van der Waals surface area contributed by atoms with Crippen molar-refractivity contribution in [1.82, 2.24) is 15.2 Å². The Morgan fingerprint density at radius 1 is 1.47 bits per heavy atom. The van der Waals surface area contributed by atoms with Gasteiger partial charge in [0, 0.05) is 18.0 Å². The molecule has 1 aliphatic rings. The van der Waals surface area contributed by atoms with Crippen LogP contribution >= 0.6 is 11.3 Å². The lowest BCUT2D eigenvalue weighted by Crippen LogP contribution is -2.32. The van der Waals surface area contributed by atoms with Crippen LogP contribution in [-0.4, -0.2) is 35.4 Å². The average molecular weight is 281 g/mol. The summed E-state index contributed by atoms with van der Waals surface area (Å²) in [5.74, 6) is 0.139. The third-order valence-electron chi connectivity index (χ3n) is 3.53. The zero-order valence-corrected chi connectivity index (χ0v) is 12.4. The quantitative estimate of drug-likeness (QED) is 0.871. The molecule has 4 nitrogen and oxygen atoms in total. The number of thiazole rings is 1. The minimum absolute atomic E-state index is 0.0301. The number of piperidine rings is 1. The average Bonchev–Trinajstić information content (AvgIpc) is 2.94. The Morgan fingerprint density at radius 2 is 2.26 bits per heavy atom. The highest BCUT2D eigenvalue weighted by Gasteiger charge is 2.13. The molecule has 1 unspecified atom stereocenters. The molecule has 1 fully saturated rings. The predicted octanol–water partition coefficient (Wildman–Crippen LogP) is 2.59. The molecule has 0 radical (unpaired) electrons. The van der Waals surface area contributed by atoms with Crippen molar-refractivity contribution in [3.63, 3.8) is 0 Å². The van der Waals surface area contributed by atoms with Gasteiger partial charge in [0.15, 0.2) is 0 Å². The minimum Gasteiger partial charge on any atom is -0.347 e. The topological polar surface area (TPSA) is 45.2 Å². The molecule has 1 aromatic rings. The molecule has 1 N–H and O–H groups in total. The van der Waals surface area contributed by atoms with E-state index in [9.17, 15) is 4.79 Å². The van der Waals surface area contributed by atoms with Gasteiger partial charge in [-0.15, -0.1) is 11.3 Å². The number of amides is 1. The van der Waals surface area contributed by atoms with Crippen molar-refractivity contribution < 1.29 is 4.79 Å². The first-order valence-corrected chi connectivity index (χ1v) is 8.05. The van der Waals surface area contributed by atoms with Crippen LogP contribution in [0.3, 0.4) is 0 Å². The Hall–Kier alpha value is -0.940. The number of aromatic nitrogens is 1. The number of hydrogen-bond donors (Lipinski definition) is 1. The van der Waals surface area contributed by atoms with E-state index in [-0.39, 0.29) is 11.9 Å². The van der Waals surface area contributed by atoms with Crippen LogP contribution in [0.1, 0.15) is 50.1 Å².